The van der Waals surface area contributed by atoms with Gasteiger partial charge < -0.3 is 9.47 Å². The van der Waals surface area contributed by atoms with Crippen LogP contribution in [0.5, 0.6) is 11.5 Å². The summed E-state index contributed by atoms with van der Waals surface area (Å²) in [6.45, 7) is 0.453. The van der Waals surface area contributed by atoms with Gasteiger partial charge in [-0.1, -0.05) is 15.9 Å². The Morgan fingerprint density at radius 2 is 2.24 bits per heavy atom. The van der Waals surface area contributed by atoms with Crippen LogP contribution in [0.25, 0.3) is 0 Å². The van der Waals surface area contributed by atoms with Crippen LogP contribution in [-0.2, 0) is 13.7 Å². The molecule has 5 heteroatoms. The Hall–Kier alpha value is -1.49. The maximum absolute atomic E-state index is 5.63. The summed E-state index contributed by atoms with van der Waals surface area (Å²) in [6.07, 6.45) is 3.51. The van der Waals surface area contributed by atoms with Crippen molar-refractivity contribution >= 4 is 15.9 Å². The van der Waals surface area contributed by atoms with Gasteiger partial charge in [-0.05, 0) is 18.2 Å². The van der Waals surface area contributed by atoms with Crippen LogP contribution in [0.4, 0.5) is 0 Å². The molecule has 0 aliphatic heterocycles. The molecule has 90 valence electrons. The van der Waals surface area contributed by atoms with Crippen LogP contribution >= 0.6 is 15.9 Å². The van der Waals surface area contributed by atoms with Crippen LogP contribution in [0.2, 0.25) is 0 Å². The van der Waals surface area contributed by atoms with Gasteiger partial charge in [0.25, 0.3) is 0 Å². The third-order valence-corrected chi connectivity index (χ3v) is 2.81. The minimum absolute atomic E-state index is 0.453. The molecule has 0 unspecified atom stereocenters. The van der Waals surface area contributed by atoms with E-state index in [1.165, 1.54) is 0 Å². The number of methoxy groups -OCH3 is 1. The summed E-state index contributed by atoms with van der Waals surface area (Å²) in [7, 11) is 3.50. The van der Waals surface area contributed by atoms with E-state index in [2.05, 4.69) is 21.0 Å². The number of rotatable bonds is 4. The van der Waals surface area contributed by atoms with E-state index in [9.17, 15) is 0 Å². The smallest absolute Gasteiger partial charge is 0.157 e. The van der Waals surface area contributed by atoms with Crippen LogP contribution in [0.15, 0.2) is 35.1 Å². The second-order valence-corrected chi connectivity index (χ2v) is 4.51. The zero-order chi connectivity index (χ0) is 12.3. The minimum Gasteiger partial charge on any atom is -0.496 e. The Morgan fingerprint density at radius 3 is 2.88 bits per heavy atom. The lowest BCUT2D eigenvalue weighted by Gasteiger charge is -2.09. The highest BCUT2D eigenvalue weighted by atomic mass is 79.9. The first kappa shape index (κ1) is 12.0. The van der Waals surface area contributed by atoms with Crippen LogP contribution < -0.4 is 9.47 Å². The van der Waals surface area contributed by atoms with Crippen molar-refractivity contribution in [3.05, 3.63) is 40.6 Å². The molecule has 2 aromatic rings. The van der Waals surface area contributed by atoms with Crippen molar-refractivity contribution in [2.24, 2.45) is 7.05 Å². The zero-order valence-corrected chi connectivity index (χ0v) is 11.3. The van der Waals surface area contributed by atoms with Gasteiger partial charge in [0.05, 0.1) is 19.5 Å². The molecule has 0 aliphatic rings. The van der Waals surface area contributed by atoms with E-state index in [-0.39, 0.29) is 0 Å². The average Bonchev–Trinajstić information content (AvgIpc) is 2.73. The highest BCUT2D eigenvalue weighted by Crippen LogP contribution is 2.24. The Morgan fingerprint density at radius 1 is 1.41 bits per heavy atom. The number of ether oxygens (including phenoxy) is 2. The SMILES string of the molecule is COc1ccc(Br)cc1COc1cnn(C)c1. The highest BCUT2D eigenvalue weighted by molar-refractivity contribution is 9.10. The molecule has 0 saturated heterocycles. The Labute approximate surface area is 108 Å². The summed E-state index contributed by atoms with van der Waals surface area (Å²) < 4.78 is 13.6. The van der Waals surface area contributed by atoms with Crippen LogP contribution in [-0.4, -0.2) is 16.9 Å². The summed E-state index contributed by atoms with van der Waals surface area (Å²) >= 11 is 3.43. The highest BCUT2D eigenvalue weighted by Gasteiger charge is 2.05. The van der Waals surface area contributed by atoms with E-state index in [0.717, 1.165) is 21.5 Å². The van der Waals surface area contributed by atoms with Crippen LogP contribution in [0.3, 0.4) is 0 Å². The van der Waals surface area contributed by atoms with E-state index in [1.807, 2.05) is 31.4 Å². The summed E-state index contributed by atoms with van der Waals surface area (Å²) in [5.41, 5.74) is 0.991. The predicted molar refractivity (Wildman–Crippen MR) is 68.2 cm³/mol. The van der Waals surface area contributed by atoms with Gasteiger partial charge in [-0.3, -0.25) is 4.68 Å². The Bertz CT molecular complexity index is 511. The van der Waals surface area contributed by atoms with Crippen LogP contribution in [0.1, 0.15) is 5.56 Å². The molecular formula is C12H13BrN2O2. The minimum atomic E-state index is 0.453. The van der Waals surface area contributed by atoms with Crippen molar-refractivity contribution < 1.29 is 9.47 Å². The van der Waals surface area contributed by atoms with Gasteiger partial charge in [0, 0.05) is 17.1 Å². The fraction of sp³-hybridized carbons (Fsp3) is 0.250. The molecule has 0 fully saturated rings. The third kappa shape index (κ3) is 3.00. The van der Waals surface area contributed by atoms with E-state index < -0.39 is 0 Å². The monoisotopic (exact) mass is 296 g/mol. The maximum Gasteiger partial charge on any atom is 0.157 e. The molecule has 1 aromatic heterocycles. The van der Waals surface area contributed by atoms with Gasteiger partial charge in [-0.15, -0.1) is 0 Å². The number of nitrogens with zero attached hydrogens (tertiary/aromatic N) is 2. The van der Waals surface area contributed by atoms with Gasteiger partial charge >= 0.3 is 0 Å². The molecule has 0 spiro atoms. The quantitative estimate of drug-likeness (QED) is 0.870. The van der Waals surface area contributed by atoms with Crippen molar-refractivity contribution in [1.82, 2.24) is 9.78 Å². The zero-order valence-electron chi connectivity index (χ0n) is 9.68. The van der Waals surface area contributed by atoms with Crippen LogP contribution in [0, 0.1) is 0 Å². The first-order valence-electron chi connectivity index (χ1n) is 5.13. The number of hydrogen-bond acceptors (Lipinski definition) is 3. The van der Waals surface area contributed by atoms with Crippen molar-refractivity contribution in [1.29, 1.82) is 0 Å². The summed E-state index contributed by atoms with van der Waals surface area (Å²) in [5.74, 6) is 1.56. The van der Waals surface area contributed by atoms with Gasteiger partial charge in [-0.25, -0.2) is 0 Å². The fourth-order valence-corrected chi connectivity index (χ4v) is 1.90. The van der Waals surface area contributed by atoms with Crippen molar-refractivity contribution in [3.8, 4) is 11.5 Å². The lowest BCUT2D eigenvalue weighted by Crippen LogP contribution is -1.98. The van der Waals surface area contributed by atoms with Crippen molar-refractivity contribution in [3.63, 3.8) is 0 Å². The molecule has 0 N–H and O–H groups in total. The standard InChI is InChI=1S/C12H13BrN2O2/c1-15-7-11(6-14-15)17-8-9-5-10(13)3-4-12(9)16-2/h3-7H,8H2,1-2H3. The number of hydrogen-bond donors (Lipinski definition) is 0. The molecule has 1 heterocycles. The Balaban J connectivity index is 2.10. The number of aromatic nitrogens is 2. The van der Waals surface area contributed by atoms with E-state index in [0.29, 0.717) is 6.61 Å². The molecule has 2 rings (SSSR count). The fourth-order valence-electron chi connectivity index (χ4n) is 1.49. The summed E-state index contributed by atoms with van der Waals surface area (Å²) in [5, 5.41) is 4.04. The normalized spacial score (nSPS) is 10.3. The van der Waals surface area contributed by atoms with Crippen molar-refractivity contribution in [2.45, 2.75) is 6.61 Å². The lowest BCUT2D eigenvalue weighted by molar-refractivity contribution is 0.296. The van der Waals surface area contributed by atoms with Gasteiger partial charge in [0.2, 0.25) is 0 Å². The summed E-state index contributed by atoms with van der Waals surface area (Å²) in [6, 6.07) is 5.83. The molecule has 4 nitrogen and oxygen atoms in total. The largest absolute Gasteiger partial charge is 0.496 e. The molecule has 17 heavy (non-hydrogen) atoms. The average molecular weight is 297 g/mol. The molecule has 1 aromatic carbocycles. The maximum atomic E-state index is 5.63. The third-order valence-electron chi connectivity index (χ3n) is 2.32. The number of benzene rings is 1. The van der Waals surface area contributed by atoms with E-state index >= 15 is 0 Å². The molecule has 0 aliphatic carbocycles. The van der Waals surface area contributed by atoms with Crippen molar-refractivity contribution in [2.75, 3.05) is 7.11 Å². The van der Waals surface area contributed by atoms with Gasteiger partial charge in [-0.2, -0.15) is 5.10 Å². The first-order valence-corrected chi connectivity index (χ1v) is 5.92. The Kier molecular flexibility index (Phi) is 3.68. The van der Waals surface area contributed by atoms with E-state index in [1.54, 1.807) is 18.0 Å². The van der Waals surface area contributed by atoms with Gasteiger partial charge in [0.15, 0.2) is 5.75 Å². The molecular weight excluding hydrogens is 284 g/mol. The number of aryl methyl sites for hydroxylation is 1. The van der Waals surface area contributed by atoms with E-state index in [4.69, 9.17) is 9.47 Å². The second kappa shape index (κ2) is 5.23. The molecule has 0 amide bonds. The molecule has 0 radical (unpaired) electrons. The summed E-state index contributed by atoms with van der Waals surface area (Å²) in [4.78, 5) is 0. The molecule has 0 saturated carbocycles. The first-order chi connectivity index (χ1) is 8.19. The second-order valence-electron chi connectivity index (χ2n) is 3.59. The van der Waals surface area contributed by atoms with Gasteiger partial charge in [0.1, 0.15) is 12.4 Å². The molecule has 0 atom stereocenters. The number of halogens is 1. The molecule has 0 bridgehead atoms. The lowest BCUT2D eigenvalue weighted by atomic mass is 10.2. The predicted octanol–water partition coefficient (Wildman–Crippen LogP) is 2.77. The topological polar surface area (TPSA) is 36.3 Å².